The summed E-state index contributed by atoms with van der Waals surface area (Å²) in [7, 11) is 4.18. The highest BCUT2D eigenvalue weighted by Crippen LogP contribution is 2.19. The first kappa shape index (κ1) is 14.5. The first-order valence-corrected chi connectivity index (χ1v) is 7.30. The van der Waals surface area contributed by atoms with Gasteiger partial charge in [-0.3, -0.25) is 0 Å². The summed E-state index contributed by atoms with van der Waals surface area (Å²) in [6, 6.07) is 10.7. The molecule has 1 fully saturated rings. The molecule has 0 spiro atoms. The van der Waals surface area contributed by atoms with Crippen LogP contribution in [0.2, 0.25) is 0 Å². The summed E-state index contributed by atoms with van der Waals surface area (Å²) in [5, 5.41) is 3.19. The van der Waals surface area contributed by atoms with Crippen LogP contribution in [0.1, 0.15) is 18.4 Å². The van der Waals surface area contributed by atoms with Crippen LogP contribution in [0, 0.1) is 0 Å². The molecule has 0 amide bonds. The van der Waals surface area contributed by atoms with Crippen molar-refractivity contribution in [2.75, 3.05) is 33.7 Å². The van der Waals surface area contributed by atoms with Gasteiger partial charge in [0.15, 0.2) is 0 Å². The molecule has 0 aromatic heterocycles. The normalized spacial score (nSPS) is 23.1. The summed E-state index contributed by atoms with van der Waals surface area (Å²) in [6.45, 7) is 3.12. The van der Waals surface area contributed by atoms with Crippen LogP contribution in [-0.4, -0.2) is 50.8 Å². The van der Waals surface area contributed by atoms with E-state index in [1.54, 1.807) is 0 Å². The zero-order chi connectivity index (χ0) is 13.5. The molecule has 3 heteroatoms. The molecule has 1 heterocycles. The van der Waals surface area contributed by atoms with E-state index in [1.807, 2.05) is 7.05 Å². The number of nitrogens with zero attached hydrogens (tertiary/aromatic N) is 1. The third kappa shape index (κ3) is 4.94. The maximum Gasteiger partial charge on any atom is 0.0707 e. The van der Waals surface area contributed by atoms with Crippen LogP contribution in [0.3, 0.4) is 0 Å². The van der Waals surface area contributed by atoms with Crippen molar-refractivity contribution >= 4 is 0 Å². The molecule has 1 N–H and O–H groups in total. The van der Waals surface area contributed by atoms with Gasteiger partial charge in [-0.25, -0.2) is 0 Å². The molecule has 1 aromatic carbocycles. The Labute approximate surface area is 116 Å². The van der Waals surface area contributed by atoms with E-state index in [0.29, 0.717) is 12.2 Å². The molecular formula is C16H26N2O. The Morgan fingerprint density at radius 3 is 2.68 bits per heavy atom. The Hall–Kier alpha value is -0.900. The van der Waals surface area contributed by atoms with Crippen molar-refractivity contribution < 1.29 is 4.74 Å². The van der Waals surface area contributed by atoms with Crippen LogP contribution < -0.4 is 5.32 Å². The molecule has 1 aliphatic rings. The highest BCUT2D eigenvalue weighted by molar-refractivity contribution is 5.14. The zero-order valence-electron chi connectivity index (χ0n) is 12.1. The number of nitrogens with one attached hydrogen (secondary N) is 1. The SMILES string of the molecule is CNCC1CCC(CN(C)CCc2ccccc2)O1. The number of rotatable bonds is 7. The van der Waals surface area contributed by atoms with Crippen LogP contribution in [0.15, 0.2) is 30.3 Å². The Morgan fingerprint density at radius 2 is 1.95 bits per heavy atom. The molecule has 3 nitrogen and oxygen atoms in total. The molecule has 2 rings (SSSR count). The van der Waals surface area contributed by atoms with Crippen molar-refractivity contribution in [1.82, 2.24) is 10.2 Å². The number of hydrogen-bond acceptors (Lipinski definition) is 3. The van der Waals surface area contributed by atoms with E-state index in [9.17, 15) is 0 Å². The molecular weight excluding hydrogens is 236 g/mol. The van der Waals surface area contributed by atoms with Crippen LogP contribution in [0.4, 0.5) is 0 Å². The smallest absolute Gasteiger partial charge is 0.0707 e. The molecule has 1 aromatic rings. The minimum absolute atomic E-state index is 0.414. The third-order valence-corrected chi connectivity index (χ3v) is 3.77. The number of ether oxygens (including phenoxy) is 1. The lowest BCUT2D eigenvalue weighted by atomic mass is 10.1. The number of likely N-dealkylation sites (N-methyl/N-ethyl adjacent to an activating group) is 2. The van der Waals surface area contributed by atoms with E-state index < -0.39 is 0 Å². The Kier molecular flexibility index (Phi) is 5.83. The van der Waals surface area contributed by atoms with Crippen molar-refractivity contribution in [2.24, 2.45) is 0 Å². The zero-order valence-corrected chi connectivity index (χ0v) is 12.1. The van der Waals surface area contributed by atoms with Gasteiger partial charge in [0.05, 0.1) is 12.2 Å². The van der Waals surface area contributed by atoms with Gasteiger partial charge >= 0.3 is 0 Å². The van der Waals surface area contributed by atoms with Gasteiger partial charge in [0, 0.05) is 19.6 Å². The lowest BCUT2D eigenvalue weighted by Crippen LogP contribution is -2.32. The fourth-order valence-corrected chi connectivity index (χ4v) is 2.70. The maximum absolute atomic E-state index is 6.02. The van der Waals surface area contributed by atoms with Gasteiger partial charge in [0.1, 0.15) is 0 Å². The topological polar surface area (TPSA) is 24.5 Å². The van der Waals surface area contributed by atoms with E-state index in [4.69, 9.17) is 4.74 Å². The summed E-state index contributed by atoms with van der Waals surface area (Å²) < 4.78 is 6.02. The van der Waals surface area contributed by atoms with Gasteiger partial charge < -0.3 is 15.0 Å². The second-order valence-corrected chi connectivity index (χ2v) is 5.51. The second-order valence-electron chi connectivity index (χ2n) is 5.51. The van der Waals surface area contributed by atoms with Gasteiger partial charge in [-0.1, -0.05) is 30.3 Å². The van der Waals surface area contributed by atoms with Crippen molar-refractivity contribution in [1.29, 1.82) is 0 Å². The van der Waals surface area contributed by atoms with Crippen LogP contribution in [0.5, 0.6) is 0 Å². The molecule has 106 valence electrons. The van der Waals surface area contributed by atoms with Crippen molar-refractivity contribution in [3.63, 3.8) is 0 Å². The second kappa shape index (κ2) is 7.63. The summed E-state index contributed by atoms with van der Waals surface area (Å²) in [4.78, 5) is 2.39. The van der Waals surface area contributed by atoms with Crippen LogP contribution >= 0.6 is 0 Å². The lowest BCUT2D eigenvalue weighted by molar-refractivity contribution is 0.0289. The average molecular weight is 262 g/mol. The Morgan fingerprint density at radius 1 is 1.21 bits per heavy atom. The molecule has 0 aliphatic carbocycles. The fourth-order valence-electron chi connectivity index (χ4n) is 2.70. The minimum Gasteiger partial charge on any atom is -0.372 e. The first-order valence-electron chi connectivity index (χ1n) is 7.30. The van der Waals surface area contributed by atoms with Gasteiger partial charge in [-0.2, -0.15) is 0 Å². The largest absolute Gasteiger partial charge is 0.372 e. The monoisotopic (exact) mass is 262 g/mol. The van der Waals surface area contributed by atoms with Gasteiger partial charge in [-0.05, 0) is 38.9 Å². The van der Waals surface area contributed by atoms with Crippen LogP contribution in [0.25, 0.3) is 0 Å². The third-order valence-electron chi connectivity index (χ3n) is 3.77. The quantitative estimate of drug-likeness (QED) is 0.812. The minimum atomic E-state index is 0.414. The van der Waals surface area contributed by atoms with E-state index in [1.165, 1.54) is 18.4 Å². The summed E-state index contributed by atoms with van der Waals surface area (Å²) in [5.74, 6) is 0. The molecule has 1 aliphatic heterocycles. The van der Waals surface area contributed by atoms with Crippen LogP contribution in [-0.2, 0) is 11.2 Å². The highest BCUT2D eigenvalue weighted by Gasteiger charge is 2.25. The number of benzene rings is 1. The lowest BCUT2D eigenvalue weighted by Gasteiger charge is -2.21. The highest BCUT2D eigenvalue weighted by atomic mass is 16.5. The van der Waals surface area contributed by atoms with E-state index in [2.05, 4.69) is 47.6 Å². The van der Waals surface area contributed by atoms with E-state index >= 15 is 0 Å². The predicted octanol–water partition coefficient (Wildman–Crippen LogP) is 1.93. The summed E-state index contributed by atoms with van der Waals surface area (Å²) >= 11 is 0. The van der Waals surface area contributed by atoms with Gasteiger partial charge in [0.25, 0.3) is 0 Å². The van der Waals surface area contributed by atoms with Crippen molar-refractivity contribution in [2.45, 2.75) is 31.5 Å². The van der Waals surface area contributed by atoms with Crippen molar-refractivity contribution in [3.8, 4) is 0 Å². The molecule has 19 heavy (non-hydrogen) atoms. The predicted molar refractivity (Wildman–Crippen MR) is 79.5 cm³/mol. The Balaban J connectivity index is 1.66. The summed E-state index contributed by atoms with van der Waals surface area (Å²) in [5.41, 5.74) is 1.41. The molecule has 0 radical (unpaired) electrons. The fraction of sp³-hybridized carbons (Fsp3) is 0.625. The first-order chi connectivity index (χ1) is 9.28. The Bertz CT molecular complexity index is 355. The number of hydrogen-bond donors (Lipinski definition) is 1. The molecule has 2 unspecified atom stereocenters. The summed E-state index contributed by atoms with van der Waals surface area (Å²) in [6.07, 6.45) is 4.33. The van der Waals surface area contributed by atoms with E-state index in [0.717, 1.165) is 26.1 Å². The molecule has 0 saturated carbocycles. The van der Waals surface area contributed by atoms with Gasteiger partial charge in [-0.15, -0.1) is 0 Å². The average Bonchev–Trinajstić information content (AvgIpc) is 2.85. The van der Waals surface area contributed by atoms with Gasteiger partial charge in [0.2, 0.25) is 0 Å². The maximum atomic E-state index is 6.02. The molecule has 2 atom stereocenters. The standard InChI is InChI=1S/C16H26N2O/c1-17-12-15-8-9-16(19-15)13-18(2)11-10-14-6-4-3-5-7-14/h3-7,15-17H,8-13H2,1-2H3. The molecule has 1 saturated heterocycles. The molecule has 0 bridgehead atoms. The van der Waals surface area contributed by atoms with E-state index in [-0.39, 0.29) is 0 Å². The van der Waals surface area contributed by atoms with Crippen molar-refractivity contribution in [3.05, 3.63) is 35.9 Å².